The molecule has 2 atom stereocenters. The van der Waals surface area contributed by atoms with Gasteiger partial charge in [0.1, 0.15) is 11.6 Å². The first kappa shape index (κ1) is 18.1. The van der Waals surface area contributed by atoms with Crippen LogP contribution in [0.2, 0.25) is 0 Å². The van der Waals surface area contributed by atoms with Gasteiger partial charge in [0.2, 0.25) is 5.91 Å². The van der Waals surface area contributed by atoms with Crippen LogP contribution in [0.1, 0.15) is 57.1 Å². The van der Waals surface area contributed by atoms with Crippen LogP contribution in [0.25, 0.3) is 0 Å². The second-order valence-electron chi connectivity index (χ2n) is 7.46. The lowest BCUT2D eigenvalue weighted by Gasteiger charge is -2.25. The Morgan fingerprint density at radius 2 is 2.24 bits per heavy atom. The van der Waals surface area contributed by atoms with Crippen LogP contribution in [0.15, 0.2) is 11.6 Å². The summed E-state index contributed by atoms with van der Waals surface area (Å²) < 4.78 is 2.21. The third-order valence-corrected chi connectivity index (χ3v) is 5.47. The highest BCUT2D eigenvalue weighted by molar-refractivity contribution is 5.81. The molecule has 3 rings (SSSR count). The number of allylic oxidation sites excluding steroid dienone is 1. The number of hydrogen-bond acceptors (Lipinski definition) is 4. The molecule has 0 saturated carbocycles. The van der Waals surface area contributed by atoms with Gasteiger partial charge in [-0.1, -0.05) is 11.6 Å². The number of carbonyl (C=O) groups excluding carboxylic acids is 1. The highest BCUT2D eigenvalue weighted by Gasteiger charge is 2.22. The monoisotopic (exact) mass is 345 g/mol. The topological polar surface area (TPSA) is 71.8 Å². The van der Waals surface area contributed by atoms with E-state index in [9.17, 15) is 4.79 Å². The summed E-state index contributed by atoms with van der Waals surface area (Å²) in [5.41, 5.74) is 1.51. The fraction of sp³-hybridized carbons (Fsp3) is 0.737. The maximum absolute atomic E-state index is 12.3. The summed E-state index contributed by atoms with van der Waals surface area (Å²) in [5, 5.41) is 14.8. The van der Waals surface area contributed by atoms with E-state index >= 15 is 0 Å². The predicted molar refractivity (Wildman–Crippen MR) is 98.2 cm³/mol. The van der Waals surface area contributed by atoms with Crippen LogP contribution < -0.4 is 10.6 Å². The van der Waals surface area contributed by atoms with Crippen molar-refractivity contribution in [2.45, 2.75) is 71.4 Å². The Morgan fingerprint density at radius 1 is 1.36 bits per heavy atom. The van der Waals surface area contributed by atoms with Crippen molar-refractivity contribution in [2.75, 3.05) is 13.1 Å². The third kappa shape index (κ3) is 4.91. The lowest BCUT2D eigenvalue weighted by atomic mass is 9.97. The van der Waals surface area contributed by atoms with Gasteiger partial charge >= 0.3 is 0 Å². The van der Waals surface area contributed by atoms with E-state index in [4.69, 9.17) is 0 Å². The Bertz CT molecular complexity index is 621. The van der Waals surface area contributed by atoms with E-state index in [-0.39, 0.29) is 11.9 Å². The molecular formula is C19H31N5O. The summed E-state index contributed by atoms with van der Waals surface area (Å²) >= 11 is 0. The molecule has 1 aliphatic heterocycles. The van der Waals surface area contributed by atoms with Gasteiger partial charge in [-0.2, -0.15) is 0 Å². The second kappa shape index (κ2) is 8.61. The van der Waals surface area contributed by atoms with E-state index < -0.39 is 0 Å². The van der Waals surface area contributed by atoms with Gasteiger partial charge in [0.05, 0.1) is 6.04 Å². The number of carbonyl (C=O) groups is 1. The fourth-order valence-corrected chi connectivity index (χ4v) is 3.76. The molecule has 0 saturated heterocycles. The van der Waals surface area contributed by atoms with Crippen LogP contribution in [0.3, 0.4) is 0 Å². The molecule has 25 heavy (non-hydrogen) atoms. The standard InChI is InChI=1S/C19H31N5O/c1-14(19(25)20-11-10-16-6-4-3-5-7-16)21-12-17-8-9-18-23-22-15(2)24(18)13-17/h6,14,17,21H,3-5,7-13H2,1-2H3,(H,20,25)/t14-,17+/m1/s1. The number of fused-ring (bicyclic) bond motifs is 1. The van der Waals surface area contributed by atoms with Crippen molar-refractivity contribution >= 4 is 5.91 Å². The molecule has 1 amide bonds. The van der Waals surface area contributed by atoms with Gasteiger partial charge in [-0.15, -0.1) is 10.2 Å². The molecule has 2 aliphatic rings. The van der Waals surface area contributed by atoms with Gasteiger partial charge < -0.3 is 15.2 Å². The Morgan fingerprint density at radius 3 is 3.04 bits per heavy atom. The Kier molecular flexibility index (Phi) is 6.24. The molecule has 0 fully saturated rings. The molecule has 0 unspecified atom stereocenters. The molecule has 2 heterocycles. The molecule has 2 N–H and O–H groups in total. The molecule has 0 bridgehead atoms. The summed E-state index contributed by atoms with van der Waals surface area (Å²) in [4.78, 5) is 12.3. The zero-order chi connectivity index (χ0) is 17.6. The SMILES string of the molecule is Cc1nnc2n1C[C@H](CN[C@H](C)C(=O)NCCC1=CCCCC1)CC2. The van der Waals surface area contributed by atoms with Gasteiger partial charge in [0.15, 0.2) is 0 Å². The van der Waals surface area contributed by atoms with Crippen LogP contribution in [0, 0.1) is 12.8 Å². The van der Waals surface area contributed by atoms with E-state index in [0.29, 0.717) is 5.92 Å². The molecule has 138 valence electrons. The van der Waals surface area contributed by atoms with Gasteiger partial charge in [-0.25, -0.2) is 0 Å². The van der Waals surface area contributed by atoms with E-state index in [2.05, 4.69) is 31.5 Å². The lowest BCUT2D eigenvalue weighted by molar-refractivity contribution is -0.122. The Balaban J connectivity index is 1.36. The van der Waals surface area contributed by atoms with E-state index in [1.54, 1.807) is 0 Å². The normalized spacial score (nSPS) is 21.4. The molecule has 6 heteroatoms. The van der Waals surface area contributed by atoms with Crippen LogP contribution in [0.4, 0.5) is 0 Å². The van der Waals surface area contributed by atoms with E-state index in [0.717, 1.165) is 50.5 Å². The number of hydrogen-bond donors (Lipinski definition) is 2. The van der Waals surface area contributed by atoms with Gasteiger partial charge in [0.25, 0.3) is 0 Å². The maximum atomic E-state index is 12.3. The zero-order valence-corrected chi connectivity index (χ0v) is 15.6. The van der Waals surface area contributed by atoms with Crippen molar-refractivity contribution in [3.63, 3.8) is 0 Å². The number of nitrogens with one attached hydrogen (secondary N) is 2. The summed E-state index contributed by atoms with van der Waals surface area (Å²) in [6.07, 6.45) is 10.4. The van der Waals surface area contributed by atoms with Gasteiger partial charge in [0, 0.05) is 26.1 Å². The predicted octanol–water partition coefficient (Wildman–Crippen LogP) is 2.13. The minimum Gasteiger partial charge on any atom is -0.354 e. The molecular weight excluding hydrogens is 314 g/mol. The average Bonchev–Trinajstić information content (AvgIpc) is 3.01. The summed E-state index contributed by atoms with van der Waals surface area (Å²) in [6.45, 7) is 6.52. The average molecular weight is 345 g/mol. The smallest absolute Gasteiger partial charge is 0.236 e. The van der Waals surface area contributed by atoms with Crippen molar-refractivity contribution in [1.82, 2.24) is 25.4 Å². The summed E-state index contributed by atoms with van der Waals surface area (Å²) in [5.74, 6) is 2.72. The summed E-state index contributed by atoms with van der Waals surface area (Å²) in [7, 11) is 0. The first-order chi connectivity index (χ1) is 12.1. The largest absolute Gasteiger partial charge is 0.354 e. The Labute approximate surface area is 150 Å². The van der Waals surface area contributed by atoms with Crippen LogP contribution >= 0.6 is 0 Å². The van der Waals surface area contributed by atoms with E-state index in [1.165, 1.54) is 31.3 Å². The molecule has 1 aromatic heterocycles. The number of nitrogens with zero attached hydrogens (tertiary/aromatic N) is 3. The minimum absolute atomic E-state index is 0.105. The van der Waals surface area contributed by atoms with Gasteiger partial charge in [-0.05, 0) is 58.3 Å². The van der Waals surface area contributed by atoms with Crippen molar-refractivity contribution in [1.29, 1.82) is 0 Å². The summed E-state index contributed by atoms with van der Waals surface area (Å²) in [6, 6.07) is -0.149. The van der Waals surface area contributed by atoms with Crippen molar-refractivity contribution < 1.29 is 4.79 Å². The van der Waals surface area contributed by atoms with Crippen LogP contribution in [-0.4, -0.2) is 39.8 Å². The molecule has 6 nitrogen and oxygen atoms in total. The fourth-order valence-electron chi connectivity index (χ4n) is 3.76. The van der Waals surface area contributed by atoms with Crippen molar-refractivity contribution in [3.05, 3.63) is 23.3 Å². The highest BCUT2D eigenvalue weighted by atomic mass is 16.2. The molecule has 1 aliphatic carbocycles. The van der Waals surface area contributed by atoms with Crippen molar-refractivity contribution in [3.8, 4) is 0 Å². The van der Waals surface area contributed by atoms with E-state index in [1.807, 2.05) is 13.8 Å². The number of rotatable bonds is 7. The number of amides is 1. The lowest BCUT2D eigenvalue weighted by Crippen LogP contribution is -2.45. The third-order valence-electron chi connectivity index (χ3n) is 5.47. The number of aryl methyl sites for hydroxylation is 2. The first-order valence-electron chi connectivity index (χ1n) is 9.71. The molecule has 0 aromatic carbocycles. The first-order valence-corrected chi connectivity index (χ1v) is 9.71. The van der Waals surface area contributed by atoms with Gasteiger partial charge in [-0.3, -0.25) is 4.79 Å². The van der Waals surface area contributed by atoms with Crippen LogP contribution in [-0.2, 0) is 17.8 Å². The Hall–Kier alpha value is -1.69. The minimum atomic E-state index is -0.149. The zero-order valence-electron chi connectivity index (χ0n) is 15.6. The highest BCUT2D eigenvalue weighted by Crippen LogP contribution is 2.20. The van der Waals surface area contributed by atoms with Crippen LogP contribution in [0.5, 0.6) is 0 Å². The van der Waals surface area contributed by atoms with Crippen molar-refractivity contribution in [2.24, 2.45) is 5.92 Å². The maximum Gasteiger partial charge on any atom is 0.236 e. The molecule has 1 aromatic rings. The quantitative estimate of drug-likeness (QED) is 0.743. The molecule has 0 spiro atoms. The molecule has 0 radical (unpaired) electrons. The second-order valence-corrected chi connectivity index (χ2v) is 7.46. The number of aromatic nitrogens is 3.